The molecule has 2 saturated heterocycles. The number of hydrogen-bond donors (Lipinski definition) is 1. The number of aryl methyl sites for hydroxylation is 1. The lowest BCUT2D eigenvalue weighted by Crippen LogP contribution is -2.49. The molecule has 1 aromatic heterocycles. The van der Waals surface area contributed by atoms with Gasteiger partial charge in [0.05, 0.1) is 25.4 Å². The third-order valence-electron chi connectivity index (χ3n) is 4.74. The third kappa shape index (κ3) is 3.18. The van der Waals surface area contributed by atoms with E-state index in [9.17, 15) is 9.59 Å². The van der Waals surface area contributed by atoms with Crippen molar-refractivity contribution in [1.29, 1.82) is 0 Å². The van der Waals surface area contributed by atoms with Gasteiger partial charge in [-0.2, -0.15) is 0 Å². The molecule has 132 valence electrons. The molecule has 1 N–H and O–H groups in total. The number of aromatic amines is 1. The van der Waals surface area contributed by atoms with Crippen molar-refractivity contribution in [1.82, 2.24) is 9.55 Å². The number of ether oxygens (including phenoxy) is 3. The molecule has 2 aromatic rings. The summed E-state index contributed by atoms with van der Waals surface area (Å²) in [6, 6.07) is 9.57. The molecular weight excluding hydrogens is 324 g/mol. The highest BCUT2D eigenvalue weighted by molar-refractivity contribution is 5.16. The van der Waals surface area contributed by atoms with E-state index in [1.165, 1.54) is 4.57 Å². The molecule has 0 radical (unpaired) electrons. The van der Waals surface area contributed by atoms with E-state index in [2.05, 4.69) is 4.98 Å². The lowest BCUT2D eigenvalue weighted by Gasteiger charge is -2.42. The van der Waals surface area contributed by atoms with E-state index in [0.29, 0.717) is 25.2 Å². The molecule has 0 amide bonds. The summed E-state index contributed by atoms with van der Waals surface area (Å²) >= 11 is 0. The first-order chi connectivity index (χ1) is 12.1. The van der Waals surface area contributed by atoms with Crippen LogP contribution in [0.3, 0.4) is 0 Å². The van der Waals surface area contributed by atoms with Gasteiger partial charge in [0.15, 0.2) is 6.29 Å². The van der Waals surface area contributed by atoms with Crippen LogP contribution in [0.25, 0.3) is 0 Å². The fraction of sp³-hybridized carbons (Fsp3) is 0.444. The smallest absolute Gasteiger partial charge is 0.328 e. The van der Waals surface area contributed by atoms with Crippen LogP contribution < -0.4 is 11.2 Å². The lowest BCUT2D eigenvalue weighted by molar-refractivity contribution is -0.282. The summed E-state index contributed by atoms with van der Waals surface area (Å²) in [5.74, 6) is 0. The van der Waals surface area contributed by atoms with Gasteiger partial charge in [0, 0.05) is 17.3 Å². The molecule has 0 unspecified atom stereocenters. The summed E-state index contributed by atoms with van der Waals surface area (Å²) in [4.78, 5) is 26.0. The summed E-state index contributed by atoms with van der Waals surface area (Å²) < 4.78 is 19.2. The minimum absolute atomic E-state index is 0.143. The van der Waals surface area contributed by atoms with E-state index in [4.69, 9.17) is 14.2 Å². The molecule has 25 heavy (non-hydrogen) atoms. The number of hydrogen-bond acceptors (Lipinski definition) is 5. The van der Waals surface area contributed by atoms with Gasteiger partial charge in [0.2, 0.25) is 0 Å². The number of rotatable bonds is 2. The number of benzene rings is 1. The topological polar surface area (TPSA) is 82.6 Å². The first-order valence-corrected chi connectivity index (χ1v) is 8.37. The van der Waals surface area contributed by atoms with Crippen molar-refractivity contribution in [2.45, 2.75) is 37.9 Å². The van der Waals surface area contributed by atoms with E-state index in [-0.39, 0.29) is 23.8 Å². The Balaban J connectivity index is 1.54. The molecule has 1 aromatic carbocycles. The van der Waals surface area contributed by atoms with Crippen LogP contribution in [0.1, 0.15) is 29.9 Å². The molecule has 2 aliphatic rings. The maximum Gasteiger partial charge on any atom is 0.328 e. The number of H-pyrrole nitrogens is 1. The van der Waals surface area contributed by atoms with Gasteiger partial charge in [0.25, 0.3) is 5.56 Å². The first kappa shape index (κ1) is 16.3. The number of aromatic nitrogens is 2. The third-order valence-corrected chi connectivity index (χ3v) is 4.74. The fourth-order valence-electron chi connectivity index (χ4n) is 3.35. The standard InChI is InChI=1S/C18H20N2O5/c1-11-8-20(18(22)19-16(11)21)13-7-14-15(23-9-13)10-24-17(25-14)12-5-3-2-4-6-12/h2-6,8,13-15,17H,7,9-10H2,1H3,(H,19,21,22)/t13-,14+,15-,17+/m1/s1. The largest absolute Gasteiger partial charge is 0.371 e. The van der Waals surface area contributed by atoms with Crippen molar-refractivity contribution >= 4 is 0 Å². The quantitative estimate of drug-likeness (QED) is 0.888. The maximum atomic E-state index is 12.1. The molecule has 2 fully saturated rings. The monoisotopic (exact) mass is 344 g/mol. The Kier molecular flexibility index (Phi) is 4.29. The van der Waals surface area contributed by atoms with Crippen molar-refractivity contribution < 1.29 is 14.2 Å². The van der Waals surface area contributed by atoms with Crippen molar-refractivity contribution in [2.75, 3.05) is 13.2 Å². The average molecular weight is 344 g/mol. The second kappa shape index (κ2) is 6.59. The Morgan fingerprint density at radius 3 is 2.68 bits per heavy atom. The van der Waals surface area contributed by atoms with Crippen LogP contribution >= 0.6 is 0 Å². The number of nitrogens with one attached hydrogen (secondary N) is 1. The summed E-state index contributed by atoms with van der Waals surface area (Å²) in [7, 11) is 0. The summed E-state index contributed by atoms with van der Waals surface area (Å²) in [5.41, 5.74) is 0.675. The van der Waals surface area contributed by atoms with Crippen LogP contribution in [-0.2, 0) is 14.2 Å². The highest BCUT2D eigenvalue weighted by Crippen LogP contribution is 2.34. The summed E-state index contributed by atoms with van der Waals surface area (Å²) in [5, 5.41) is 0. The molecule has 0 saturated carbocycles. The van der Waals surface area contributed by atoms with Crippen molar-refractivity contribution in [3.05, 3.63) is 68.5 Å². The van der Waals surface area contributed by atoms with Crippen LogP contribution in [0, 0.1) is 6.92 Å². The Bertz CT molecular complexity index is 860. The van der Waals surface area contributed by atoms with Crippen LogP contribution in [0.15, 0.2) is 46.1 Å². The van der Waals surface area contributed by atoms with Crippen molar-refractivity contribution in [3.8, 4) is 0 Å². The molecule has 4 rings (SSSR count). The van der Waals surface area contributed by atoms with E-state index < -0.39 is 12.0 Å². The second-order valence-corrected chi connectivity index (χ2v) is 6.49. The lowest BCUT2D eigenvalue weighted by atomic mass is 10.0. The molecule has 0 bridgehead atoms. The molecule has 0 aliphatic carbocycles. The Labute approximate surface area is 144 Å². The zero-order chi connectivity index (χ0) is 17.4. The van der Waals surface area contributed by atoms with Gasteiger partial charge in [-0.05, 0) is 13.3 Å². The Morgan fingerprint density at radius 1 is 1.08 bits per heavy atom. The highest BCUT2D eigenvalue weighted by atomic mass is 16.7. The van der Waals surface area contributed by atoms with Gasteiger partial charge in [-0.3, -0.25) is 14.3 Å². The number of nitrogens with zero attached hydrogens (tertiary/aromatic N) is 1. The molecule has 2 aliphatic heterocycles. The van der Waals surface area contributed by atoms with E-state index in [0.717, 1.165) is 5.56 Å². The summed E-state index contributed by atoms with van der Waals surface area (Å²) in [6.45, 7) is 2.52. The maximum absolute atomic E-state index is 12.1. The van der Waals surface area contributed by atoms with Gasteiger partial charge in [-0.25, -0.2) is 4.79 Å². The number of fused-ring (bicyclic) bond motifs is 1. The van der Waals surface area contributed by atoms with Crippen molar-refractivity contribution in [3.63, 3.8) is 0 Å². The Hall–Kier alpha value is -2.22. The molecule has 4 atom stereocenters. The minimum Gasteiger partial charge on any atom is -0.371 e. The van der Waals surface area contributed by atoms with Crippen LogP contribution in [0.2, 0.25) is 0 Å². The van der Waals surface area contributed by atoms with Crippen LogP contribution in [0.5, 0.6) is 0 Å². The fourth-order valence-corrected chi connectivity index (χ4v) is 3.35. The normalized spacial score (nSPS) is 29.2. The van der Waals surface area contributed by atoms with E-state index in [1.54, 1.807) is 13.1 Å². The molecule has 7 nitrogen and oxygen atoms in total. The predicted molar refractivity (Wildman–Crippen MR) is 89.5 cm³/mol. The van der Waals surface area contributed by atoms with Crippen LogP contribution in [0.4, 0.5) is 0 Å². The minimum atomic E-state index is -0.432. The SMILES string of the molecule is Cc1cn([C@H]2CO[C@@H]3CO[C@H](c4ccccc4)O[C@H]3C2)c(=O)[nH]c1=O. The first-order valence-electron chi connectivity index (χ1n) is 8.37. The molecule has 3 heterocycles. The van der Waals surface area contributed by atoms with Crippen LogP contribution in [-0.4, -0.2) is 35.0 Å². The zero-order valence-electron chi connectivity index (χ0n) is 13.9. The molecular formula is C18H20N2O5. The van der Waals surface area contributed by atoms with Gasteiger partial charge < -0.3 is 14.2 Å². The Morgan fingerprint density at radius 2 is 1.88 bits per heavy atom. The molecule has 0 spiro atoms. The van der Waals surface area contributed by atoms with E-state index in [1.807, 2.05) is 30.3 Å². The van der Waals surface area contributed by atoms with Gasteiger partial charge in [-0.15, -0.1) is 0 Å². The van der Waals surface area contributed by atoms with Gasteiger partial charge >= 0.3 is 5.69 Å². The zero-order valence-corrected chi connectivity index (χ0v) is 13.9. The van der Waals surface area contributed by atoms with E-state index >= 15 is 0 Å². The van der Waals surface area contributed by atoms with Gasteiger partial charge in [-0.1, -0.05) is 30.3 Å². The highest BCUT2D eigenvalue weighted by Gasteiger charge is 2.39. The second-order valence-electron chi connectivity index (χ2n) is 6.49. The average Bonchev–Trinajstić information content (AvgIpc) is 2.64. The summed E-state index contributed by atoms with van der Waals surface area (Å²) in [6.07, 6.45) is 1.47. The predicted octanol–water partition coefficient (Wildman–Crippen LogP) is 1.29. The van der Waals surface area contributed by atoms with Crippen molar-refractivity contribution in [2.24, 2.45) is 0 Å². The van der Waals surface area contributed by atoms with Gasteiger partial charge in [0.1, 0.15) is 6.10 Å². The molecule has 7 heteroatoms.